The maximum atomic E-state index is 12.5. The minimum absolute atomic E-state index is 0.0310. The van der Waals surface area contributed by atoms with Gasteiger partial charge in [0.2, 0.25) is 5.91 Å². The molecule has 1 aliphatic carbocycles. The fraction of sp³-hybridized carbons (Fsp3) is 0.571. The number of nitrogens with zero attached hydrogens (tertiary/aromatic N) is 2. The van der Waals surface area contributed by atoms with Crippen molar-refractivity contribution in [3.63, 3.8) is 0 Å². The van der Waals surface area contributed by atoms with Crippen LogP contribution in [-0.2, 0) is 4.79 Å². The monoisotopic (exact) mass is 324 g/mol. The van der Waals surface area contributed by atoms with Gasteiger partial charge in [0.1, 0.15) is 5.69 Å². The van der Waals surface area contributed by atoms with Gasteiger partial charge in [0, 0.05) is 29.7 Å². The molecule has 0 radical (unpaired) electrons. The molecule has 5 heteroatoms. The third-order valence-corrected chi connectivity index (χ3v) is 4.44. The second-order valence-corrected chi connectivity index (χ2v) is 6.39. The summed E-state index contributed by atoms with van der Waals surface area (Å²) < 4.78 is 2.92. The summed E-state index contributed by atoms with van der Waals surface area (Å²) in [6.45, 7) is 2.64. The van der Waals surface area contributed by atoms with E-state index < -0.39 is 0 Å². The van der Waals surface area contributed by atoms with Crippen LogP contribution in [0.25, 0.3) is 0 Å². The Morgan fingerprint density at radius 1 is 1.47 bits per heavy atom. The average molecular weight is 325 g/mol. The Morgan fingerprint density at radius 3 is 2.79 bits per heavy atom. The van der Waals surface area contributed by atoms with Crippen LogP contribution in [0.3, 0.4) is 0 Å². The van der Waals surface area contributed by atoms with Gasteiger partial charge in [-0.1, -0.05) is 13.3 Å². The molecule has 2 aliphatic rings. The van der Waals surface area contributed by atoms with Crippen molar-refractivity contribution in [2.45, 2.75) is 38.6 Å². The summed E-state index contributed by atoms with van der Waals surface area (Å²) in [5.74, 6) is 0.152. The van der Waals surface area contributed by atoms with E-state index in [2.05, 4.69) is 22.9 Å². The Bertz CT molecular complexity index is 534. The first-order chi connectivity index (χ1) is 9.10. The molecule has 3 rings (SSSR count). The van der Waals surface area contributed by atoms with Crippen molar-refractivity contribution in [3.05, 3.63) is 22.4 Å². The molecule has 2 amide bonds. The van der Waals surface area contributed by atoms with E-state index in [-0.39, 0.29) is 11.8 Å². The molecule has 2 fully saturated rings. The van der Waals surface area contributed by atoms with E-state index in [1.807, 2.05) is 16.8 Å². The van der Waals surface area contributed by atoms with Crippen molar-refractivity contribution in [2.24, 2.45) is 5.92 Å². The highest BCUT2D eigenvalue weighted by Gasteiger charge is 2.36. The van der Waals surface area contributed by atoms with Crippen LogP contribution in [0.1, 0.15) is 49.1 Å². The van der Waals surface area contributed by atoms with Crippen molar-refractivity contribution in [1.29, 1.82) is 0 Å². The minimum Gasteiger partial charge on any atom is -0.339 e. The summed E-state index contributed by atoms with van der Waals surface area (Å²) >= 11 is 3.42. The van der Waals surface area contributed by atoms with Crippen LogP contribution >= 0.6 is 15.9 Å². The van der Waals surface area contributed by atoms with E-state index >= 15 is 0 Å². The summed E-state index contributed by atoms with van der Waals surface area (Å²) in [4.78, 5) is 25.9. The van der Waals surface area contributed by atoms with Gasteiger partial charge in [-0.3, -0.25) is 14.5 Å². The molecule has 1 aromatic heterocycles. The summed E-state index contributed by atoms with van der Waals surface area (Å²) in [5.41, 5.74) is 0.638. The van der Waals surface area contributed by atoms with Gasteiger partial charge in [0.15, 0.2) is 0 Å². The Balaban J connectivity index is 1.86. The van der Waals surface area contributed by atoms with Gasteiger partial charge in [0.25, 0.3) is 5.91 Å². The zero-order valence-corrected chi connectivity index (χ0v) is 12.5. The standard InChI is InChI=1S/C14H17BrN2O2/c1-2-9-5-13(18)17(7-9)14(19)12-6-10(15)8-16(12)11-3-4-11/h6,8-9,11H,2-5,7H2,1H3. The smallest absolute Gasteiger partial charge is 0.277 e. The Kier molecular flexibility index (Phi) is 3.25. The fourth-order valence-electron chi connectivity index (χ4n) is 2.66. The third kappa shape index (κ3) is 2.36. The topological polar surface area (TPSA) is 42.3 Å². The van der Waals surface area contributed by atoms with Gasteiger partial charge < -0.3 is 4.57 Å². The number of halogens is 1. The van der Waals surface area contributed by atoms with Crippen molar-refractivity contribution in [3.8, 4) is 0 Å². The molecule has 1 unspecified atom stereocenters. The van der Waals surface area contributed by atoms with Crippen LogP contribution < -0.4 is 0 Å². The third-order valence-electron chi connectivity index (χ3n) is 4.00. The molecule has 4 nitrogen and oxygen atoms in total. The van der Waals surface area contributed by atoms with Crippen LogP contribution in [0.4, 0.5) is 0 Å². The quantitative estimate of drug-likeness (QED) is 0.802. The van der Waals surface area contributed by atoms with E-state index in [0.29, 0.717) is 30.6 Å². The number of aromatic nitrogens is 1. The van der Waals surface area contributed by atoms with Crippen LogP contribution in [0, 0.1) is 5.92 Å². The number of carbonyl (C=O) groups excluding carboxylic acids is 2. The van der Waals surface area contributed by atoms with Gasteiger partial charge in [0.05, 0.1) is 0 Å². The molecule has 1 saturated heterocycles. The Labute approximate surface area is 120 Å². The lowest BCUT2D eigenvalue weighted by Crippen LogP contribution is -2.33. The van der Waals surface area contributed by atoms with E-state index in [4.69, 9.17) is 0 Å². The molecule has 1 aliphatic heterocycles. The molecular weight excluding hydrogens is 308 g/mol. The lowest BCUT2D eigenvalue weighted by atomic mass is 10.1. The number of hydrogen-bond donors (Lipinski definition) is 0. The lowest BCUT2D eigenvalue weighted by molar-refractivity contribution is -0.125. The summed E-state index contributed by atoms with van der Waals surface area (Å²) in [6, 6.07) is 2.26. The fourth-order valence-corrected chi connectivity index (χ4v) is 3.10. The molecule has 1 saturated carbocycles. The molecule has 0 aromatic carbocycles. The van der Waals surface area contributed by atoms with Crippen molar-refractivity contribution in [2.75, 3.05) is 6.54 Å². The predicted molar refractivity (Wildman–Crippen MR) is 74.8 cm³/mol. The van der Waals surface area contributed by atoms with Gasteiger partial charge in [-0.15, -0.1) is 0 Å². The molecule has 2 heterocycles. The summed E-state index contributed by atoms with van der Waals surface area (Å²) in [7, 11) is 0. The highest BCUT2D eigenvalue weighted by Crippen LogP contribution is 2.38. The predicted octanol–water partition coefficient (Wildman–Crippen LogP) is 2.98. The van der Waals surface area contributed by atoms with Crippen LogP contribution in [0.2, 0.25) is 0 Å². The minimum atomic E-state index is -0.140. The normalized spacial score (nSPS) is 23.2. The van der Waals surface area contributed by atoms with E-state index in [1.54, 1.807) is 0 Å². The van der Waals surface area contributed by atoms with Gasteiger partial charge in [-0.2, -0.15) is 0 Å². The number of likely N-dealkylation sites (tertiary alicyclic amines) is 1. The molecule has 1 atom stereocenters. The largest absolute Gasteiger partial charge is 0.339 e. The van der Waals surface area contributed by atoms with Crippen LogP contribution in [0.5, 0.6) is 0 Å². The first-order valence-electron chi connectivity index (χ1n) is 6.82. The zero-order valence-electron chi connectivity index (χ0n) is 10.9. The maximum absolute atomic E-state index is 12.5. The van der Waals surface area contributed by atoms with Crippen LogP contribution in [0.15, 0.2) is 16.7 Å². The zero-order chi connectivity index (χ0) is 13.6. The Hall–Kier alpha value is -1.10. The van der Waals surface area contributed by atoms with Crippen molar-refractivity contribution < 1.29 is 9.59 Å². The average Bonchev–Trinajstić information content (AvgIpc) is 3.06. The highest BCUT2D eigenvalue weighted by atomic mass is 79.9. The molecule has 1 aromatic rings. The Morgan fingerprint density at radius 2 is 2.21 bits per heavy atom. The second-order valence-electron chi connectivity index (χ2n) is 5.47. The molecule has 19 heavy (non-hydrogen) atoms. The second kappa shape index (κ2) is 4.78. The summed E-state index contributed by atoms with van der Waals surface area (Å²) in [5, 5.41) is 0. The molecule has 0 N–H and O–H groups in total. The first kappa shape index (κ1) is 12.9. The highest BCUT2D eigenvalue weighted by molar-refractivity contribution is 9.10. The number of carbonyl (C=O) groups is 2. The number of rotatable bonds is 3. The molecule has 0 bridgehead atoms. The number of hydrogen-bond acceptors (Lipinski definition) is 2. The summed E-state index contributed by atoms with van der Waals surface area (Å²) in [6.07, 6.45) is 5.64. The first-order valence-corrected chi connectivity index (χ1v) is 7.61. The van der Waals surface area contributed by atoms with Crippen LogP contribution in [-0.4, -0.2) is 27.8 Å². The van der Waals surface area contributed by atoms with E-state index in [0.717, 1.165) is 23.7 Å². The van der Waals surface area contributed by atoms with Gasteiger partial charge in [-0.25, -0.2) is 0 Å². The molecular formula is C14H17BrN2O2. The van der Waals surface area contributed by atoms with E-state index in [9.17, 15) is 9.59 Å². The number of imide groups is 1. The number of amides is 2. The van der Waals surface area contributed by atoms with Gasteiger partial charge in [-0.05, 0) is 40.8 Å². The lowest BCUT2D eigenvalue weighted by Gasteiger charge is -2.16. The van der Waals surface area contributed by atoms with Crippen molar-refractivity contribution >= 4 is 27.7 Å². The maximum Gasteiger partial charge on any atom is 0.277 e. The molecule has 0 spiro atoms. The van der Waals surface area contributed by atoms with Crippen molar-refractivity contribution in [1.82, 2.24) is 9.47 Å². The van der Waals surface area contributed by atoms with E-state index in [1.165, 1.54) is 4.90 Å². The van der Waals surface area contributed by atoms with Gasteiger partial charge >= 0.3 is 0 Å². The SMILES string of the molecule is CCC1CC(=O)N(C(=O)c2cc(Br)cn2C2CC2)C1. The molecule has 102 valence electrons.